The fraction of sp³-hybridized carbons (Fsp3) is 0.219. The van der Waals surface area contributed by atoms with Crippen LogP contribution < -0.4 is 10.3 Å². The van der Waals surface area contributed by atoms with Crippen molar-refractivity contribution in [3.8, 4) is 40.5 Å². The molecule has 0 saturated carbocycles. The predicted molar refractivity (Wildman–Crippen MR) is 157 cm³/mol. The lowest BCUT2D eigenvalue weighted by Gasteiger charge is -2.33. The predicted octanol–water partition coefficient (Wildman–Crippen LogP) is 3.91. The quantitative estimate of drug-likeness (QED) is 0.322. The van der Waals surface area contributed by atoms with Gasteiger partial charge in [0.05, 0.1) is 24.3 Å². The lowest BCUT2D eigenvalue weighted by molar-refractivity contribution is -0.135. The third-order valence-corrected chi connectivity index (χ3v) is 7.40. The Morgan fingerprint density at radius 1 is 1.02 bits per heavy atom. The Morgan fingerprint density at radius 3 is 2.65 bits per heavy atom. The van der Waals surface area contributed by atoms with E-state index in [1.807, 2.05) is 54.7 Å². The number of hydrogen-bond donors (Lipinski definition) is 1. The number of piperazine rings is 1. The van der Waals surface area contributed by atoms with Crippen molar-refractivity contribution in [3.05, 3.63) is 83.4 Å². The fourth-order valence-corrected chi connectivity index (χ4v) is 5.19. The summed E-state index contributed by atoms with van der Waals surface area (Å²) in [6.07, 6.45) is 9.01. The molecule has 0 bridgehead atoms. The second-order valence-corrected chi connectivity index (χ2v) is 10.00. The first-order valence-electron chi connectivity index (χ1n) is 13.2. The van der Waals surface area contributed by atoms with Gasteiger partial charge in [-0.25, -0.2) is 4.98 Å². The Balaban J connectivity index is 1.12. The highest BCUT2D eigenvalue weighted by Crippen LogP contribution is 2.30. The number of H-pyrrole nitrogens is 1. The van der Waals surface area contributed by atoms with Gasteiger partial charge in [0.15, 0.2) is 0 Å². The third kappa shape index (κ3) is 4.95. The van der Waals surface area contributed by atoms with Crippen LogP contribution in [0.15, 0.2) is 77.9 Å². The van der Waals surface area contributed by atoms with Gasteiger partial charge in [-0.3, -0.25) is 14.5 Å². The van der Waals surface area contributed by atoms with Gasteiger partial charge in [-0.15, -0.1) is 6.42 Å². The minimum absolute atomic E-state index is 0.0428. The van der Waals surface area contributed by atoms with Gasteiger partial charge < -0.3 is 19.2 Å². The van der Waals surface area contributed by atoms with Crippen molar-refractivity contribution < 1.29 is 9.53 Å². The number of fused-ring (bicyclic) bond motifs is 2. The summed E-state index contributed by atoms with van der Waals surface area (Å²) in [5.41, 5.74) is 5.37. The summed E-state index contributed by atoms with van der Waals surface area (Å²) in [6, 6.07) is 20.1. The van der Waals surface area contributed by atoms with E-state index in [2.05, 4.69) is 27.9 Å². The number of aromatic amines is 1. The first kappa shape index (κ1) is 25.4. The van der Waals surface area contributed by atoms with Crippen LogP contribution in [-0.4, -0.2) is 69.6 Å². The summed E-state index contributed by atoms with van der Waals surface area (Å²) >= 11 is 0. The highest BCUT2D eigenvalue weighted by atomic mass is 16.5. The molecule has 3 aromatic heterocycles. The average molecular weight is 532 g/mol. The van der Waals surface area contributed by atoms with E-state index >= 15 is 0 Å². The van der Waals surface area contributed by atoms with Crippen LogP contribution in [0.4, 0.5) is 0 Å². The standard InChI is InChI=1S/C32H29N5O3/c1-3-14-37-16-15-36(21-30(37)38)17-18-40-25-8-4-22(5-9-25)28-11-7-24-19-23(6-10-29(24)34-28)27-20-35(2)32(39)31-26(27)12-13-33-31/h1,4-13,19-20,33H,14-18,21H2,2H3. The second kappa shape index (κ2) is 10.7. The molecule has 5 aromatic rings. The van der Waals surface area contributed by atoms with E-state index in [-0.39, 0.29) is 11.5 Å². The van der Waals surface area contributed by atoms with Gasteiger partial charge in [-0.1, -0.05) is 18.1 Å². The topological polar surface area (TPSA) is 83.5 Å². The molecule has 8 heteroatoms. The van der Waals surface area contributed by atoms with Crippen molar-refractivity contribution in [2.45, 2.75) is 0 Å². The molecule has 0 spiro atoms. The normalized spacial score (nSPS) is 14.1. The number of nitrogens with one attached hydrogen (secondary N) is 1. The number of rotatable bonds is 7. The SMILES string of the molecule is C#CCN1CCN(CCOc2ccc(-c3ccc4cc(-c5cn(C)c(=O)c6[nH]ccc56)ccc4n3)cc2)CC1=O. The average Bonchev–Trinajstić information content (AvgIpc) is 3.47. The van der Waals surface area contributed by atoms with Gasteiger partial charge in [0, 0.05) is 61.0 Å². The molecule has 1 amide bonds. The van der Waals surface area contributed by atoms with Crippen LogP contribution in [0.2, 0.25) is 0 Å². The van der Waals surface area contributed by atoms with Crippen LogP contribution in [-0.2, 0) is 11.8 Å². The first-order chi connectivity index (χ1) is 19.5. The number of nitrogens with zero attached hydrogens (tertiary/aromatic N) is 4. The van der Waals surface area contributed by atoms with E-state index in [4.69, 9.17) is 16.1 Å². The number of terminal acetylenes is 1. The number of aromatic nitrogens is 3. The fourth-order valence-electron chi connectivity index (χ4n) is 5.19. The Labute approximate surface area is 231 Å². The number of benzene rings is 2. The van der Waals surface area contributed by atoms with Crippen molar-refractivity contribution in [3.63, 3.8) is 0 Å². The third-order valence-electron chi connectivity index (χ3n) is 7.40. The maximum atomic E-state index is 12.4. The van der Waals surface area contributed by atoms with E-state index in [0.717, 1.165) is 51.0 Å². The molecule has 0 radical (unpaired) electrons. The van der Waals surface area contributed by atoms with Crippen LogP contribution in [0.25, 0.3) is 44.2 Å². The van der Waals surface area contributed by atoms with Crippen LogP contribution in [0.3, 0.4) is 0 Å². The minimum Gasteiger partial charge on any atom is -0.492 e. The molecule has 8 nitrogen and oxygen atoms in total. The first-order valence-corrected chi connectivity index (χ1v) is 13.2. The van der Waals surface area contributed by atoms with E-state index in [1.54, 1.807) is 22.7 Å². The summed E-state index contributed by atoms with van der Waals surface area (Å²) < 4.78 is 7.54. The molecule has 2 aromatic carbocycles. The van der Waals surface area contributed by atoms with E-state index < -0.39 is 0 Å². The van der Waals surface area contributed by atoms with Crippen LogP contribution >= 0.6 is 0 Å². The highest BCUT2D eigenvalue weighted by molar-refractivity contribution is 5.97. The van der Waals surface area contributed by atoms with Crippen LogP contribution in [0.1, 0.15) is 0 Å². The molecule has 1 saturated heterocycles. The van der Waals surface area contributed by atoms with Crippen molar-refractivity contribution in [2.24, 2.45) is 7.05 Å². The number of carbonyl (C=O) groups is 1. The van der Waals surface area contributed by atoms with Gasteiger partial charge in [-0.05, 0) is 54.1 Å². The number of ether oxygens (including phenoxy) is 1. The van der Waals surface area contributed by atoms with Crippen molar-refractivity contribution in [1.82, 2.24) is 24.3 Å². The van der Waals surface area contributed by atoms with Gasteiger partial charge in [0.1, 0.15) is 17.9 Å². The lowest BCUT2D eigenvalue weighted by atomic mass is 10.0. The Bertz CT molecular complexity index is 1810. The molecular formula is C32H29N5O3. The monoisotopic (exact) mass is 531 g/mol. The summed E-state index contributed by atoms with van der Waals surface area (Å²) in [6.45, 7) is 3.38. The summed E-state index contributed by atoms with van der Waals surface area (Å²) in [7, 11) is 1.77. The molecule has 6 rings (SSSR count). The summed E-state index contributed by atoms with van der Waals surface area (Å²) in [5, 5.41) is 1.93. The molecule has 0 unspecified atom stereocenters. The van der Waals surface area contributed by atoms with Crippen LogP contribution in [0, 0.1) is 12.3 Å². The zero-order chi connectivity index (χ0) is 27.6. The molecule has 0 atom stereocenters. The number of carbonyl (C=O) groups excluding carboxylic acids is 1. The number of amides is 1. The smallest absolute Gasteiger partial charge is 0.274 e. The highest BCUT2D eigenvalue weighted by Gasteiger charge is 2.22. The van der Waals surface area contributed by atoms with E-state index in [1.165, 1.54) is 0 Å². The Kier molecular flexibility index (Phi) is 6.81. The van der Waals surface area contributed by atoms with Crippen LogP contribution in [0.5, 0.6) is 5.75 Å². The summed E-state index contributed by atoms with van der Waals surface area (Å²) in [5.74, 6) is 3.38. The largest absolute Gasteiger partial charge is 0.492 e. The summed E-state index contributed by atoms with van der Waals surface area (Å²) in [4.78, 5) is 36.3. The van der Waals surface area contributed by atoms with Crippen molar-refractivity contribution in [2.75, 3.05) is 39.3 Å². The molecule has 40 heavy (non-hydrogen) atoms. The van der Waals surface area contributed by atoms with Gasteiger partial charge in [0.25, 0.3) is 5.56 Å². The minimum atomic E-state index is -0.0428. The Hall–Kier alpha value is -4.87. The Morgan fingerprint density at radius 2 is 1.85 bits per heavy atom. The van der Waals surface area contributed by atoms with Gasteiger partial charge in [0.2, 0.25) is 5.91 Å². The van der Waals surface area contributed by atoms with Gasteiger partial charge >= 0.3 is 0 Å². The van der Waals surface area contributed by atoms with Crippen molar-refractivity contribution >= 4 is 27.7 Å². The number of pyridine rings is 2. The molecule has 200 valence electrons. The maximum absolute atomic E-state index is 12.4. The number of aryl methyl sites for hydroxylation is 1. The molecule has 1 N–H and O–H groups in total. The van der Waals surface area contributed by atoms with Crippen molar-refractivity contribution in [1.29, 1.82) is 0 Å². The second-order valence-electron chi connectivity index (χ2n) is 10.00. The van der Waals surface area contributed by atoms with E-state index in [0.29, 0.717) is 38.3 Å². The molecule has 1 aliphatic heterocycles. The van der Waals surface area contributed by atoms with E-state index in [9.17, 15) is 9.59 Å². The zero-order valence-electron chi connectivity index (χ0n) is 22.3. The lowest BCUT2D eigenvalue weighted by Crippen LogP contribution is -2.51. The maximum Gasteiger partial charge on any atom is 0.274 e. The molecule has 0 aliphatic carbocycles. The van der Waals surface area contributed by atoms with Gasteiger partial charge in [-0.2, -0.15) is 0 Å². The molecule has 1 aliphatic rings. The number of hydrogen-bond acceptors (Lipinski definition) is 5. The zero-order valence-corrected chi connectivity index (χ0v) is 22.3. The molecular weight excluding hydrogens is 502 g/mol. The molecule has 4 heterocycles. The molecule has 1 fully saturated rings.